The Balaban J connectivity index is 2.04. The van der Waals surface area contributed by atoms with Crippen LogP contribution in [0.4, 0.5) is 5.69 Å². The van der Waals surface area contributed by atoms with Gasteiger partial charge in [0, 0.05) is 23.9 Å². The zero-order valence-corrected chi connectivity index (χ0v) is 13.6. The Morgan fingerprint density at radius 1 is 1.39 bits per heavy atom. The number of fused-ring (bicyclic) bond motifs is 1. The van der Waals surface area contributed by atoms with Crippen molar-refractivity contribution in [3.63, 3.8) is 0 Å². The number of sulfonamides is 1. The van der Waals surface area contributed by atoms with Gasteiger partial charge in [-0.1, -0.05) is 18.2 Å². The van der Waals surface area contributed by atoms with E-state index in [9.17, 15) is 8.42 Å². The molecule has 0 atom stereocenters. The van der Waals surface area contributed by atoms with Crippen molar-refractivity contribution in [3.05, 3.63) is 59.3 Å². The Morgan fingerprint density at radius 2 is 2.17 bits per heavy atom. The summed E-state index contributed by atoms with van der Waals surface area (Å²) in [5.74, 6) is 0.525. The van der Waals surface area contributed by atoms with Gasteiger partial charge in [-0.2, -0.15) is 0 Å². The lowest BCUT2D eigenvalue weighted by Crippen LogP contribution is -2.38. The van der Waals surface area contributed by atoms with Crippen molar-refractivity contribution in [2.75, 3.05) is 12.3 Å². The fourth-order valence-corrected chi connectivity index (χ4v) is 3.57. The molecule has 0 saturated heterocycles. The molecule has 3 rings (SSSR count). The topological polar surface area (TPSA) is 62.1 Å². The third-order valence-corrected chi connectivity index (χ3v) is 4.91. The third-order valence-electron chi connectivity index (χ3n) is 3.76. The Bertz CT molecular complexity index is 877. The molecule has 0 N–H and O–H groups in total. The van der Waals surface area contributed by atoms with Gasteiger partial charge in [0.15, 0.2) is 5.84 Å². The van der Waals surface area contributed by atoms with Crippen LogP contribution in [0.15, 0.2) is 63.2 Å². The van der Waals surface area contributed by atoms with E-state index in [0.717, 1.165) is 22.4 Å². The smallest absolute Gasteiger partial charge is 0.256 e. The molecule has 6 heteroatoms. The van der Waals surface area contributed by atoms with Crippen LogP contribution in [-0.2, 0) is 10.0 Å². The number of amidine groups is 1. The fourth-order valence-electron chi connectivity index (χ4n) is 2.59. The number of hydrogen-bond donors (Lipinski definition) is 0. The van der Waals surface area contributed by atoms with Crippen LogP contribution in [-0.4, -0.2) is 38.2 Å². The fraction of sp³-hybridized carbons (Fsp3) is 0.176. The van der Waals surface area contributed by atoms with Crippen LogP contribution in [0.5, 0.6) is 0 Å². The Hall–Kier alpha value is -2.47. The first-order valence-corrected chi connectivity index (χ1v) is 8.84. The van der Waals surface area contributed by atoms with E-state index in [2.05, 4.69) is 16.1 Å². The first-order chi connectivity index (χ1) is 11.0. The maximum atomic E-state index is 11.8. The molecule has 23 heavy (non-hydrogen) atoms. The molecule has 118 valence electrons. The van der Waals surface area contributed by atoms with Crippen LogP contribution in [0.1, 0.15) is 12.5 Å². The van der Waals surface area contributed by atoms with Gasteiger partial charge in [-0.3, -0.25) is 4.99 Å². The molecule has 2 aliphatic heterocycles. The molecule has 0 aliphatic carbocycles. The Kier molecular flexibility index (Phi) is 4.00. The summed E-state index contributed by atoms with van der Waals surface area (Å²) in [6, 6.07) is 7.66. The molecule has 0 bridgehead atoms. The second-order valence-corrected chi connectivity index (χ2v) is 7.12. The van der Waals surface area contributed by atoms with E-state index in [1.54, 1.807) is 0 Å². The molecular weight excluding hydrogens is 310 g/mol. The molecule has 1 aromatic rings. The molecule has 0 unspecified atom stereocenters. The maximum Gasteiger partial charge on any atom is 0.256 e. The average molecular weight is 327 g/mol. The molecule has 0 spiro atoms. The summed E-state index contributed by atoms with van der Waals surface area (Å²) in [5.41, 5.74) is 3.44. The average Bonchev–Trinajstić information content (AvgIpc) is 2.54. The summed E-state index contributed by atoms with van der Waals surface area (Å²) in [6.45, 7) is 5.94. The van der Waals surface area contributed by atoms with Crippen LogP contribution in [0.3, 0.4) is 0 Å². The van der Waals surface area contributed by atoms with Gasteiger partial charge in [0.2, 0.25) is 0 Å². The lowest BCUT2D eigenvalue weighted by atomic mass is 10.00. The first kappa shape index (κ1) is 15.4. The predicted octanol–water partition coefficient (Wildman–Crippen LogP) is 2.92. The van der Waals surface area contributed by atoms with Gasteiger partial charge >= 0.3 is 0 Å². The number of aliphatic imine (C=N–C) groups is 1. The summed E-state index contributed by atoms with van der Waals surface area (Å²) >= 11 is 0. The van der Waals surface area contributed by atoms with Gasteiger partial charge in [0.05, 0.1) is 11.4 Å². The van der Waals surface area contributed by atoms with E-state index in [1.807, 2.05) is 60.5 Å². The van der Waals surface area contributed by atoms with Crippen LogP contribution in [0, 0.1) is 0 Å². The molecule has 0 aromatic heterocycles. The lowest BCUT2D eigenvalue weighted by molar-refractivity contribution is 0.547. The van der Waals surface area contributed by atoms with Crippen molar-refractivity contribution in [2.24, 2.45) is 9.39 Å². The van der Waals surface area contributed by atoms with Crippen molar-refractivity contribution in [3.8, 4) is 0 Å². The van der Waals surface area contributed by atoms with Gasteiger partial charge in [0.25, 0.3) is 10.0 Å². The molecule has 0 saturated carbocycles. The number of nitrogens with zero attached hydrogens (tertiary/aromatic N) is 3. The van der Waals surface area contributed by atoms with Crippen molar-refractivity contribution >= 4 is 34.3 Å². The minimum atomic E-state index is -3.39. The van der Waals surface area contributed by atoms with Gasteiger partial charge in [0.1, 0.15) is 0 Å². The van der Waals surface area contributed by atoms with Crippen molar-refractivity contribution in [1.82, 2.24) is 4.90 Å². The number of para-hydroxylation sites is 1. The Morgan fingerprint density at radius 3 is 2.96 bits per heavy atom. The first-order valence-electron chi connectivity index (χ1n) is 7.23. The maximum absolute atomic E-state index is 11.8. The zero-order chi connectivity index (χ0) is 16.4. The molecular formula is C17H17N3O2S. The molecule has 0 radical (unpaired) electrons. The highest BCUT2D eigenvalue weighted by atomic mass is 32.2. The normalized spacial score (nSPS) is 19.7. The van der Waals surface area contributed by atoms with E-state index in [0.29, 0.717) is 12.4 Å². The van der Waals surface area contributed by atoms with Crippen molar-refractivity contribution in [1.29, 1.82) is 0 Å². The summed E-state index contributed by atoms with van der Waals surface area (Å²) in [7, 11) is -3.39. The van der Waals surface area contributed by atoms with Crippen molar-refractivity contribution in [2.45, 2.75) is 6.92 Å². The standard InChI is InChI=1S/C17H17N3O2S/c1-13(12-14-6-3-4-8-16(14)18-2)15-7-5-9-20-10-11-23(21,22)19-17(15)20/h3-9,12H,2,10-11H2,1H3/b13-12+. The van der Waals surface area contributed by atoms with Gasteiger partial charge in [-0.25, -0.2) is 8.42 Å². The highest BCUT2D eigenvalue weighted by molar-refractivity contribution is 7.90. The number of hydrogen-bond acceptors (Lipinski definition) is 4. The summed E-state index contributed by atoms with van der Waals surface area (Å²) in [6.07, 6.45) is 7.60. The largest absolute Gasteiger partial charge is 0.331 e. The predicted molar refractivity (Wildman–Crippen MR) is 94.5 cm³/mol. The molecule has 2 heterocycles. The zero-order valence-electron chi connectivity index (χ0n) is 12.8. The van der Waals surface area contributed by atoms with Crippen LogP contribution >= 0.6 is 0 Å². The van der Waals surface area contributed by atoms with Crippen LogP contribution in [0.25, 0.3) is 6.08 Å². The second kappa shape index (κ2) is 5.96. The number of allylic oxidation sites excluding steroid dienone is 2. The summed E-state index contributed by atoms with van der Waals surface area (Å²) < 4.78 is 27.6. The van der Waals surface area contributed by atoms with E-state index in [1.165, 1.54) is 0 Å². The van der Waals surface area contributed by atoms with Gasteiger partial charge in [-0.05, 0) is 43.5 Å². The van der Waals surface area contributed by atoms with Gasteiger partial charge < -0.3 is 4.90 Å². The molecule has 2 aliphatic rings. The summed E-state index contributed by atoms with van der Waals surface area (Å²) in [5, 5.41) is 0. The monoisotopic (exact) mass is 327 g/mol. The quantitative estimate of drug-likeness (QED) is 0.802. The van der Waals surface area contributed by atoms with Crippen LogP contribution < -0.4 is 0 Å². The number of benzene rings is 1. The Labute approximate surface area is 136 Å². The van der Waals surface area contributed by atoms with Crippen molar-refractivity contribution < 1.29 is 8.42 Å². The molecule has 0 amide bonds. The SMILES string of the molecule is C=Nc1ccccc1/C=C(\C)C1=CC=CN2CCS(=O)(=O)N=C12. The lowest BCUT2D eigenvalue weighted by Gasteiger charge is -2.29. The molecule has 1 aromatic carbocycles. The minimum absolute atomic E-state index is 0.0418. The summed E-state index contributed by atoms with van der Waals surface area (Å²) in [4.78, 5) is 5.88. The second-order valence-electron chi connectivity index (χ2n) is 5.36. The van der Waals surface area contributed by atoms with E-state index >= 15 is 0 Å². The van der Waals surface area contributed by atoms with E-state index < -0.39 is 10.0 Å². The van der Waals surface area contributed by atoms with E-state index in [4.69, 9.17) is 0 Å². The van der Waals surface area contributed by atoms with E-state index in [-0.39, 0.29) is 5.75 Å². The van der Waals surface area contributed by atoms with Crippen LogP contribution in [0.2, 0.25) is 0 Å². The molecule has 0 fully saturated rings. The highest BCUT2D eigenvalue weighted by Gasteiger charge is 2.27. The highest BCUT2D eigenvalue weighted by Crippen LogP contribution is 2.27. The number of rotatable bonds is 3. The third kappa shape index (κ3) is 3.17. The molecule has 5 nitrogen and oxygen atoms in total. The minimum Gasteiger partial charge on any atom is -0.331 e. The van der Waals surface area contributed by atoms with Gasteiger partial charge in [-0.15, -0.1) is 4.40 Å².